The van der Waals surface area contributed by atoms with Crippen LogP contribution in [-0.4, -0.2) is 30.0 Å². The van der Waals surface area contributed by atoms with Gasteiger partial charge in [-0.2, -0.15) is 0 Å². The highest BCUT2D eigenvalue weighted by atomic mass is 35.5. The summed E-state index contributed by atoms with van der Waals surface area (Å²) in [6, 6.07) is 3.98. The second-order valence-electron chi connectivity index (χ2n) is 4.30. The van der Waals surface area contributed by atoms with E-state index in [-0.39, 0.29) is 11.9 Å². The number of nitrogens with one attached hydrogen (secondary N) is 2. The van der Waals surface area contributed by atoms with Gasteiger partial charge in [0.05, 0.1) is 9.21 Å². The molecule has 3 heterocycles. The molecule has 1 amide bonds. The van der Waals surface area contributed by atoms with E-state index in [0.29, 0.717) is 5.69 Å². The summed E-state index contributed by atoms with van der Waals surface area (Å²) in [5.74, 6) is -0.0983. The fraction of sp³-hybridized carbons (Fsp3) is 0.333. The van der Waals surface area contributed by atoms with Gasteiger partial charge in [0.2, 0.25) is 0 Å². The molecule has 1 fully saturated rings. The monoisotopic (exact) mass is 313 g/mol. The highest BCUT2D eigenvalue weighted by Gasteiger charge is 2.19. The lowest BCUT2D eigenvalue weighted by Crippen LogP contribution is -2.36. The van der Waals surface area contributed by atoms with Gasteiger partial charge in [0, 0.05) is 18.0 Å². The van der Waals surface area contributed by atoms with Crippen LogP contribution >= 0.6 is 34.3 Å². The molecule has 19 heavy (non-hydrogen) atoms. The van der Waals surface area contributed by atoms with Gasteiger partial charge >= 0.3 is 0 Å². The predicted octanol–water partition coefficient (Wildman–Crippen LogP) is 2.62. The molecular weight excluding hydrogens is 302 g/mol. The number of hydrogen-bond donors (Lipinski definition) is 2. The zero-order chi connectivity index (χ0) is 13.2. The first kappa shape index (κ1) is 13.1. The van der Waals surface area contributed by atoms with E-state index in [0.717, 1.165) is 33.7 Å². The van der Waals surface area contributed by atoms with Crippen molar-refractivity contribution < 1.29 is 4.79 Å². The molecule has 1 aliphatic heterocycles. The quantitative estimate of drug-likeness (QED) is 0.916. The van der Waals surface area contributed by atoms with E-state index in [4.69, 9.17) is 11.6 Å². The maximum absolute atomic E-state index is 12.0. The first-order chi connectivity index (χ1) is 9.22. The standard InChI is InChI=1S/C12H12ClN3OS2/c13-10-2-1-9(19-10)12-16-8(6-18-12)11(17)15-7-3-4-14-5-7/h1-2,6-7,14H,3-5H2,(H,15,17). The molecule has 100 valence electrons. The van der Waals surface area contributed by atoms with Gasteiger partial charge in [-0.3, -0.25) is 4.79 Å². The Bertz CT molecular complexity index is 589. The number of carbonyl (C=O) groups is 1. The third-order valence-electron chi connectivity index (χ3n) is 2.92. The molecule has 0 spiro atoms. The number of amides is 1. The zero-order valence-electron chi connectivity index (χ0n) is 9.98. The SMILES string of the molecule is O=C(NC1CCNC1)c1csc(-c2ccc(Cl)s2)n1. The molecule has 0 aliphatic carbocycles. The number of carbonyl (C=O) groups excluding carboxylic acids is 1. The minimum absolute atomic E-state index is 0.0983. The Hall–Kier alpha value is -0.950. The molecule has 0 aromatic carbocycles. The van der Waals surface area contributed by atoms with E-state index < -0.39 is 0 Å². The molecule has 0 radical (unpaired) electrons. The fourth-order valence-corrected chi connectivity index (χ4v) is 3.87. The normalized spacial score (nSPS) is 18.7. The third-order valence-corrected chi connectivity index (χ3v) is 5.16. The number of hydrogen-bond acceptors (Lipinski definition) is 5. The minimum atomic E-state index is -0.0983. The summed E-state index contributed by atoms with van der Waals surface area (Å²) in [4.78, 5) is 17.4. The Labute approximate surface area is 123 Å². The van der Waals surface area contributed by atoms with Crippen LogP contribution < -0.4 is 10.6 Å². The number of thiophene rings is 1. The van der Waals surface area contributed by atoms with E-state index in [1.54, 1.807) is 5.38 Å². The van der Waals surface area contributed by atoms with Crippen molar-refractivity contribution in [2.75, 3.05) is 13.1 Å². The first-order valence-corrected chi connectivity index (χ1v) is 8.02. The van der Waals surface area contributed by atoms with Crippen molar-refractivity contribution in [3.8, 4) is 9.88 Å². The lowest BCUT2D eigenvalue weighted by molar-refractivity contribution is 0.0936. The predicted molar refractivity (Wildman–Crippen MR) is 79.2 cm³/mol. The van der Waals surface area contributed by atoms with Crippen LogP contribution in [0.3, 0.4) is 0 Å². The van der Waals surface area contributed by atoms with Crippen molar-refractivity contribution in [3.63, 3.8) is 0 Å². The summed E-state index contributed by atoms with van der Waals surface area (Å²) in [6.45, 7) is 1.80. The Morgan fingerprint density at radius 1 is 1.53 bits per heavy atom. The summed E-state index contributed by atoms with van der Waals surface area (Å²) in [5, 5.41) is 8.83. The lowest BCUT2D eigenvalue weighted by Gasteiger charge is -2.09. The zero-order valence-corrected chi connectivity index (χ0v) is 12.4. The molecule has 3 rings (SSSR count). The summed E-state index contributed by atoms with van der Waals surface area (Å²) in [7, 11) is 0. The third kappa shape index (κ3) is 2.97. The highest BCUT2D eigenvalue weighted by molar-refractivity contribution is 7.23. The van der Waals surface area contributed by atoms with Crippen LogP contribution in [0.25, 0.3) is 9.88 Å². The Balaban J connectivity index is 1.71. The van der Waals surface area contributed by atoms with Crippen LogP contribution in [0.5, 0.6) is 0 Å². The van der Waals surface area contributed by atoms with E-state index in [1.807, 2.05) is 12.1 Å². The molecule has 1 atom stereocenters. The summed E-state index contributed by atoms with van der Waals surface area (Å²) < 4.78 is 0.730. The summed E-state index contributed by atoms with van der Waals surface area (Å²) in [5.41, 5.74) is 0.483. The number of rotatable bonds is 3. The van der Waals surface area contributed by atoms with Crippen molar-refractivity contribution in [1.29, 1.82) is 0 Å². The van der Waals surface area contributed by atoms with Gasteiger partial charge in [-0.05, 0) is 25.1 Å². The van der Waals surface area contributed by atoms with Crippen molar-refractivity contribution in [2.45, 2.75) is 12.5 Å². The van der Waals surface area contributed by atoms with Crippen LogP contribution in [0.1, 0.15) is 16.9 Å². The number of halogens is 1. The number of nitrogens with zero attached hydrogens (tertiary/aromatic N) is 1. The Kier molecular flexibility index (Phi) is 3.83. The van der Waals surface area contributed by atoms with Gasteiger partial charge in [0.25, 0.3) is 5.91 Å². The molecule has 4 nitrogen and oxygen atoms in total. The number of aromatic nitrogens is 1. The molecule has 2 aromatic rings. The maximum Gasteiger partial charge on any atom is 0.271 e. The van der Waals surface area contributed by atoms with Crippen LogP contribution in [0.15, 0.2) is 17.5 Å². The van der Waals surface area contributed by atoms with Gasteiger partial charge in [-0.1, -0.05) is 11.6 Å². The van der Waals surface area contributed by atoms with Crippen LogP contribution in [0.2, 0.25) is 4.34 Å². The van der Waals surface area contributed by atoms with Gasteiger partial charge < -0.3 is 10.6 Å². The highest BCUT2D eigenvalue weighted by Crippen LogP contribution is 2.32. The number of thiazole rings is 1. The van der Waals surface area contributed by atoms with Crippen LogP contribution in [0, 0.1) is 0 Å². The smallest absolute Gasteiger partial charge is 0.271 e. The largest absolute Gasteiger partial charge is 0.347 e. The van der Waals surface area contributed by atoms with E-state index in [9.17, 15) is 4.79 Å². The van der Waals surface area contributed by atoms with Crippen molar-refractivity contribution in [1.82, 2.24) is 15.6 Å². The maximum atomic E-state index is 12.0. The molecule has 2 aromatic heterocycles. The second-order valence-corrected chi connectivity index (χ2v) is 6.88. The van der Waals surface area contributed by atoms with E-state index >= 15 is 0 Å². The molecular formula is C12H12ClN3OS2. The summed E-state index contributed by atoms with van der Waals surface area (Å²) >= 11 is 8.84. The van der Waals surface area contributed by atoms with Crippen LogP contribution in [0.4, 0.5) is 0 Å². The second kappa shape index (κ2) is 5.58. The molecule has 1 saturated heterocycles. The Morgan fingerprint density at radius 3 is 3.11 bits per heavy atom. The van der Waals surface area contributed by atoms with Gasteiger partial charge in [0.1, 0.15) is 10.7 Å². The molecule has 0 bridgehead atoms. The van der Waals surface area contributed by atoms with Crippen molar-refractivity contribution >= 4 is 40.2 Å². The average Bonchev–Trinajstić information content (AvgIpc) is 3.07. The summed E-state index contributed by atoms with van der Waals surface area (Å²) in [6.07, 6.45) is 0.975. The van der Waals surface area contributed by atoms with E-state index in [1.165, 1.54) is 22.7 Å². The molecule has 7 heteroatoms. The van der Waals surface area contributed by atoms with Crippen LogP contribution in [-0.2, 0) is 0 Å². The van der Waals surface area contributed by atoms with Crippen molar-refractivity contribution in [2.24, 2.45) is 0 Å². The van der Waals surface area contributed by atoms with Gasteiger partial charge in [-0.25, -0.2) is 4.98 Å². The minimum Gasteiger partial charge on any atom is -0.347 e. The molecule has 1 unspecified atom stereocenters. The van der Waals surface area contributed by atoms with E-state index in [2.05, 4.69) is 15.6 Å². The molecule has 0 saturated carbocycles. The topological polar surface area (TPSA) is 54.0 Å². The molecule has 2 N–H and O–H groups in total. The lowest BCUT2D eigenvalue weighted by atomic mass is 10.2. The van der Waals surface area contributed by atoms with Gasteiger partial charge in [0.15, 0.2) is 0 Å². The average molecular weight is 314 g/mol. The van der Waals surface area contributed by atoms with Gasteiger partial charge in [-0.15, -0.1) is 22.7 Å². The fourth-order valence-electron chi connectivity index (χ4n) is 1.96. The Morgan fingerprint density at radius 2 is 2.42 bits per heavy atom. The molecule has 1 aliphatic rings. The first-order valence-electron chi connectivity index (χ1n) is 5.95. The van der Waals surface area contributed by atoms with Crippen molar-refractivity contribution in [3.05, 3.63) is 27.5 Å².